The standard InChI is InChI=1S/C40H21N5/c1-42-34-22-36-35(21-26(34)23-41)43-40-32-19-16-25(20-33(32)28-8-2-3-11-31(28)39(40)44-36)24-14-17-27(18-15-24)45-37-12-6-4-9-29(37)30-10-5-7-13-38(30)45/h2-22H. The zero-order chi connectivity index (χ0) is 30.1. The van der Waals surface area contributed by atoms with E-state index in [1.165, 1.54) is 21.8 Å². The molecule has 0 amide bonds. The molecule has 0 unspecified atom stereocenters. The Morgan fingerprint density at radius 2 is 1.11 bits per heavy atom. The average Bonchev–Trinajstić information content (AvgIpc) is 3.44. The highest BCUT2D eigenvalue weighted by Gasteiger charge is 2.16. The lowest BCUT2D eigenvalue weighted by molar-refractivity contribution is 1.18. The number of nitrogens with zero attached hydrogens (tertiary/aromatic N) is 5. The van der Waals surface area contributed by atoms with Crippen LogP contribution in [0, 0.1) is 17.9 Å². The van der Waals surface area contributed by atoms with Gasteiger partial charge in [-0.2, -0.15) is 5.26 Å². The summed E-state index contributed by atoms with van der Waals surface area (Å²) in [5, 5.41) is 16.3. The molecule has 5 heteroatoms. The van der Waals surface area contributed by atoms with E-state index >= 15 is 0 Å². The smallest absolute Gasteiger partial charge is 0.206 e. The Morgan fingerprint density at radius 1 is 0.556 bits per heavy atom. The van der Waals surface area contributed by atoms with Crippen LogP contribution in [0.1, 0.15) is 5.56 Å². The number of aromatic nitrogens is 3. The van der Waals surface area contributed by atoms with Crippen LogP contribution in [-0.4, -0.2) is 14.5 Å². The minimum Gasteiger partial charge on any atom is -0.309 e. The molecule has 45 heavy (non-hydrogen) atoms. The molecular weight excluding hydrogens is 550 g/mol. The van der Waals surface area contributed by atoms with E-state index in [1.54, 1.807) is 12.1 Å². The van der Waals surface area contributed by atoms with Crippen molar-refractivity contribution in [3.05, 3.63) is 144 Å². The van der Waals surface area contributed by atoms with E-state index in [-0.39, 0.29) is 5.69 Å². The van der Waals surface area contributed by atoms with Crippen LogP contribution >= 0.6 is 0 Å². The van der Waals surface area contributed by atoms with Gasteiger partial charge in [0, 0.05) is 27.2 Å². The summed E-state index contributed by atoms with van der Waals surface area (Å²) < 4.78 is 2.33. The normalized spacial score (nSPS) is 11.5. The van der Waals surface area contributed by atoms with Crippen molar-refractivity contribution in [2.75, 3.05) is 0 Å². The monoisotopic (exact) mass is 571 g/mol. The van der Waals surface area contributed by atoms with Gasteiger partial charge in [0.25, 0.3) is 0 Å². The van der Waals surface area contributed by atoms with Gasteiger partial charge in [0.1, 0.15) is 0 Å². The van der Waals surface area contributed by atoms with E-state index in [4.69, 9.17) is 16.5 Å². The van der Waals surface area contributed by atoms with E-state index in [2.05, 4.69) is 119 Å². The predicted octanol–water partition coefficient (Wildman–Crippen LogP) is 10.3. The molecule has 9 rings (SSSR count). The lowest BCUT2D eigenvalue weighted by Crippen LogP contribution is -1.94. The third-order valence-corrected chi connectivity index (χ3v) is 8.81. The molecular formula is C40H21N5. The Morgan fingerprint density at radius 3 is 1.76 bits per heavy atom. The van der Waals surface area contributed by atoms with Gasteiger partial charge in [-0.05, 0) is 64.4 Å². The molecule has 7 aromatic carbocycles. The van der Waals surface area contributed by atoms with E-state index < -0.39 is 0 Å². The molecule has 0 radical (unpaired) electrons. The van der Waals surface area contributed by atoms with Crippen molar-refractivity contribution in [1.29, 1.82) is 5.26 Å². The highest BCUT2D eigenvalue weighted by Crippen LogP contribution is 2.38. The van der Waals surface area contributed by atoms with Crippen molar-refractivity contribution in [3.8, 4) is 22.9 Å². The number of para-hydroxylation sites is 2. The molecule has 0 atom stereocenters. The van der Waals surface area contributed by atoms with Crippen LogP contribution in [0.15, 0.2) is 127 Å². The van der Waals surface area contributed by atoms with Crippen molar-refractivity contribution in [2.45, 2.75) is 0 Å². The second kappa shape index (κ2) is 9.47. The summed E-state index contributed by atoms with van der Waals surface area (Å²) in [6.45, 7) is 7.49. The Bertz CT molecular complexity index is 2720. The Kier molecular flexibility index (Phi) is 5.26. The number of hydrogen-bond donors (Lipinski definition) is 0. The van der Waals surface area contributed by atoms with E-state index in [9.17, 15) is 5.26 Å². The van der Waals surface area contributed by atoms with Gasteiger partial charge in [-0.15, -0.1) is 0 Å². The molecule has 0 spiro atoms. The molecule has 5 nitrogen and oxygen atoms in total. The van der Waals surface area contributed by atoms with Crippen molar-refractivity contribution in [2.24, 2.45) is 0 Å². The van der Waals surface area contributed by atoms with Gasteiger partial charge in [0.15, 0.2) is 0 Å². The minimum atomic E-state index is 0.289. The maximum atomic E-state index is 9.60. The molecule has 0 N–H and O–H groups in total. The quantitative estimate of drug-likeness (QED) is 0.118. The van der Waals surface area contributed by atoms with E-state index in [0.717, 1.165) is 49.4 Å². The maximum Gasteiger partial charge on any atom is 0.206 e. The van der Waals surface area contributed by atoms with Crippen molar-refractivity contribution >= 4 is 71.1 Å². The van der Waals surface area contributed by atoms with Crippen LogP contribution in [-0.2, 0) is 0 Å². The fourth-order valence-electron chi connectivity index (χ4n) is 6.73. The second-order valence-corrected chi connectivity index (χ2v) is 11.2. The molecule has 0 saturated heterocycles. The summed E-state index contributed by atoms with van der Waals surface area (Å²) in [6, 6.07) is 46.1. The largest absolute Gasteiger partial charge is 0.309 e. The van der Waals surface area contributed by atoms with Gasteiger partial charge in [-0.25, -0.2) is 14.8 Å². The van der Waals surface area contributed by atoms with Gasteiger partial charge in [0.2, 0.25) is 5.69 Å². The summed E-state index contributed by atoms with van der Waals surface area (Å²) >= 11 is 0. The topological polar surface area (TPSA) is 58.9 Å². The average molecular weight is 572 g/mol. The van der Waals surface area contributed by atoms with Gasteiger partial charge >= 0.3 is 0 Å². The zero-order valence-electron chi connectivity index (χ0n) is 23.9. The lowest BCUT2D eigenvalue weighted by Gasteiger charge is -2.13. The number of benzene rings is 7. The molecule has 0 saturated carbocycles. The first kappa shape index (κ1) is 25.0. The van der Waals surface area contributed by atoms with E-state index in [1.807, 2.05) is 12.1 Å². The summed E-state index contributed by atoms with van der Waals surface area (Å²) in [7, 11) is 0. The van der Waals surface area contributed by atoms with E-state index in [0.29, 0.717) is 16.6 Å². The van der Waals surface area contributed by atoms with Crippen LogP contribution in [0.4, 0.5) is 5.69 Å². The molecule has 0 aliphatic rings. The van der Waals surface area contributed by atoms with Crippen LogP contribution in [0.25, 0.3) is 87.1 Å². The Hall–Kier alpha value is -6.56. The highest BCUT2D eigenvalue weighted by atomic mass is 15.0. The van der Waals surface area contributed by atoms with Gasteiger partial charge in [-0.3, -0.25) is 0 Å². The third-order valence-electron chi connectivity index (χ3n) is 8.81. The first-order chi connectivity index (χ1) is 22.2. The fourth-order valence-corrected chi connectivity index (χ4v) is 6.73. The SMILES string of the molecule is [C-]#[N+]c1cc2nc3c4ccccc4c4cc(-c5ccc(-n6c7ccccc7c7ccccc76)cc5)ccc4c3nc2cc1C#N. The third kappa shape index (κ3) is 3.65. The molecule has 2 heterocycles. The van der Waals surface area contributed by atoms with Crippen molar-refractivity contribution in [3.63, 3.8) is 0 Å². The van der Waals surface area contributed by atoms with Crippen LogP contribution in [0.2, 0.25) is 0 Å². The van der Waals surface area contributed by atoms with Crippen LogP contribution in [0.5, 0.6) is 0 Å². The van der Waals surface area contributed by atoms with Crippen LogP contribution in [0.3, 0.4) is 0 Å². The Balaban J connectivity index is 1.23. The molecule has 0 bridgehead atoms. The predicted molar refractivity (Wildman–Crippen MR) is 183 cm³/mol. The zero-order valence-corrected chi connectivity index (χ0v) is 23.9. The molecule has 206 valence electrons. The summed E-state index contributed by atoms with van der Waals surface area (Å²) in [4.78, 5) is 13.5. The first-order valence-corrected chi connectivity index (χ1v) is 14.7. The van der Waals surface area contributed by atoms with Gasteiger partial charge in [-0.1, -0.05) is 84.9 Å². The van der Waals surface area contributed by atoms with Crippen molar-refractivity contribution < 1.29 is 0 Å². The number of hydrogen-bond acceptors (Lipinski definition) is 3. The fraction of sp³-hybridized carbons (Fsp3) is 0. The molecule has 0 aliphatic carbocycles. The second-order valence-electron chi connectivity index (χ2n) is 11.2. The molecule has 9 aromatic rings. The maximum absolute atomic E-state index is 9.60. The molecule has 2 aromatic heterocycles. The molecule has 0 fully saturated rings. The summed E-state index contributed by atoms with van der Waals surface area (Å²) in [5.41, 5.74) is 9.12. The number of nitriles is 1. The first-order valence-electron chi connectivity index (χ1n) is 14.7. The number of rotatable bonds is 2. The summed E-state index contributed by atoms with van der Waals surface area (Å²) in [5.74, 6) is 0. The van der Waals surface area contributed by atoms with Gasteiger partial charge < -0.3 is 4.57 Å². The number of fused-ring (bicyclic) bond motifs is 10. The lowest BCUT2D eigenvalue weighted by atomic mass is 9.95. The van der Waals surface area contributed by atoms with Crippen molar-refractivity contribution in [1.82, 2.24) is 14.5 Å². The molecule has 0 aliphatic heterocycles. The minimum absolute atomic E-state index is 0.289. The highest BCUT2D eigenvalue weighted by molar-refractivity contribution is 6.24. The van der Waals surface area contributed by atoms with Gasteiger partial charge in [0.05, 0.1) is 51.3 Å². The Labute approximate surface area is 257 Å². The summed E-state index contributed by atoms with van der Waals surface area (Å²) in [6.07, 6.45) is 0. The van der Waals surface area contributed by atoms with Crippen LogP contribution < -0.4 is 0 Å².